The third kappa shape index (κ3) is 2.38. The lowest BCUT2D eigenvalue weighted by Crippen LogP contribution is -2.55. The largest absolute Gasteiger partial charge is 0.472 e. The Morgan fingerprint density at radius 1 is 1.32 bits per heavy atom. The van der Waals surface area contributed by atoms with E-state index in [-0.39, 0.29) is 23.0 Å². The average Bonchev–Trinajstić information content (AvgIpc) is 2.75. The Kier molecular flexibility index (Phi) is 4.24. The van der Waals surface area contributed by atoms with Gasteiger partial charge in [0.1, 0.15) is 0 Å². The molecule has 0 bridgehead atoms. The lowest BCUT2D eigenvalue weighted by molar-refractivity contribution is -0.174. The molecule has 0 saturated heterocycles. The lowest BCUT2D eigenvalue weighted by atomic mass is 9.59. The van der Waals surface area contributed by atoms with Crippen molar-refractivity contribution in [1.29, 1.82) is 0 Å². The second kappa shape index (κ2) is 5.56. The van der Waals surface area contributed by atoms with Crippen LogP contribution in [0.2, 0.25) is 0 Å². The van der Waals surface area contributed by atoms with Crippen LogP contribution in [-0.2, 0) is 19.1 Å². The molecule has 4 nitrogen and oxygen atoms in total. The van der Waals surface area contributed by atoms with E-state index in [1.807, 2.05) is 6.08 Å². The van der Waals surface area contributed by atoms with Gasteiger partial charge in [0, 0.05) is 5.92 Å². The highest BCUT2D eigenvalue weighted by molar-refractivity contribution is 6.07. The summed E-state index contributed by atoms with van der Waals surface area (Å²) in [4.78, 5) is 24.9. The molecular weight excluding hydrogens is 280 g/mol. The number of Topliss-reactive ketones (excluding diaryl/α,β-unsaturated/α-hetero) is 1. The van der Waals surface area contributed by atoms with Crippen LogP contribution in [0.1, 0.15) is 47.5 Å². The van der Waals surface area contributed by atoms with Gasteiger partial charge in [-0.1, -0.05) is 25.5 Å². The van der Waals surface area contributed by atoms with E-state index in [2.05, 4.69) is 26.8 Å². The first-order valence-corrected chi connectivity index (χ1v) is 7.80. The first-order chi connectivity index (χ1) is 10.2. The van der Waals surface area contributed by atoms with Crippen molar-refractivity contribution >= 4 is 11.8 Å². The number of allylic oxidation sites excluding steroid dienone is 3. The maximum atomic E-state index is 12.5. The van der Waals surface area contributed by atoms with Crippen LogP contribution < -0.4 is 0 Å². The highest BCUT2D eigenvalue weighted by Gasteiger charge is 2.60. The summed E-state index contributed by atoms with van der Waals surface area (Å²) in [5.74, 6) is -0.552. The highest BCUT2D eigenvalue weighted by atomic mass is 16.6. The van der Waals surface area contributed by atoms with Gasteiger partial charge in [0.15, 0.2) is 5.78 Å². The van der Waals surface area contributed by atoms with E-state index in [9.17, 15) is 9.59 Å². The van der Waals surface area contributed by atoms with E-state index < -0.39 is 11.6 Å². The molecule has 0 fully saturated rings. The minimum absolute atomic E-state index is 0.0112. The summed E-state index contributed by atoms with van der Waals surface area (Å²) in [6.45, 7) is 9.66. The fourth-order valence-electron chi connectivity index (χ4n) is 4.18. The minimum Gasteiger partial charge on any atom is -0.472 e. The van der Waals surface area contributed by atoms with Gasteiger partial charge < -0.3 is 9.47 Å². The summed E-state index contributed by atoms with van der Waals surface area (Å²) in [6, 6.07) is 0. The zero-order chi connectivity index (χ0) is 16.7. The van der Waals surface area contributed by atoms with Crippen LogP contribution in [0.25, 0.3) is 0 Å². The first-order valence-electron chi connectivity index (χ1n) is 7.80. The number of esters is 1. The summed E-state index contributed by atoms with van der Waals surface area (Å²) < 4.78 is 10.7. The van der Waals surface area contributed by atoms with Gasteiger partial charge in [0.25, 0.3) is 5.60 Å². The van der Waals surface area contributed by atoms with Crippen LogP contribution >= 0.6 is 0 Å². The number of hydrogen-bond acceptors (Lipinski definition) is 4. The van der Waals surface area contributed by atoms with Crippen molar-refractivity contribution in [3.05, 3.63) is 23.5 Å². The molecule has 3 atom stereocenters. The first kappa shape index (κ1) is 16.8. The number of ether oxygens (including phenoxy) is 2. The van der Waals surface area contributed by atoms with E-state index >= 15 is 0 Å². The molecule has 122 valence electrons. The van der Waals surface area contributed by atoms with Crippen LogP contribution in [0.3, 0.4) is 0 Å². The molecule has 2 rings (SSSR count). The Bertz CT molecular complexity index is 555. The normalized spacial score (nSPS) is 33.5. The molecule has 0 saturated carbocycles. The molecular formula is C18H26O4. The van der Waals surface area contributed by atoms with E-state index in [0.29, 0.717) is 5.76 Å². The predicted octanol–water partition coefficient (Wildman–Crippen LogP) is 3.42. The van der Waals surface area contributed by atoms with Crippen LogP contribution in [0.4, 0.5) is 0 Å². The van der Waals surface area contributed by atoms with Crippen molar-refractivity contribution in [3.8, 4) is 0 Å². The summed E-state index contributed by atoms with van der Waals surface area (Å²) >= 11 is 0. The van der Waals surface area contributed by atoms with Gasteiger partial charge in [-0.25, -0.2) is 4.79 Å². The Hall–Kier alpha value is -1.58. The standard InChI is InChI=1S/C18H26O4/c1-11-8-7-9-17(4,5)15(11)14-10-12(2)22-18(14,13(3)19)16(20)21-6/h8,10,14-15H,7,9H2,1-6H3. The van der Waals surface area contributed by atoms with Crippen LogP contribution in [0.15, 0.2) is 23.5 Å². The number of ketones is 1. The number of methoxy groups -OCH3 is 1. The van der Waals surface area contributed by atoms with Gasteiger partial charge in [-0.15, -0.1) is 0 Å². The quantitative estimate of drug-likeness (QED) is 0.455. The van der Waals surface area contributed by atoms with Gasteiger partial charge in [-0.3, -0.25) is 4.79 Å². The van der Waals surface area contributed by atoms with E-state index in [1.165, 1.54) is 19.6 Å². The Morgan fingerprint density at radius 2 is 1.95 bits per heavy atom. The third-order valence-corrected chi connectivity index (χ3v) is 5.16. The summed E-state index contributed by atoms with van der Waals surface area (Å²) in [7, 11) is 1.30. The van der Waals surface area contributed by atoms with Gasteiger partial charge in [-0.2, -0.15) is 0 Å². The van der Waals surface area contributed by atoms with Gasteiger partial charge in [-0.05, 0) is 51.0 Å². The molecule has 1 aliphatic carbocycles. The van der Waals surface area contributed by atoms with E-state index in [0.717, 1.165) is 12.8 Å². The van der Waals surface area contributed by atoms with E-state index in [4.69, 9.17) is 9.47 Å². The maximum absolute atomic E-state index is 12.5. The van der Waals surface area contributed by atoms with E-state index in [1.54, 1.807) is 6.92 Å². The topological polar surface area (TPSA) is 52.6 Å². The van der Waals surface area contributed by atoms with Crippen LogP contribution in [0.5, 0.6) is 0 Å². The van der Waals surface area contributed by atoms with Crippen molar-refractivity contribution in [1.82, 2.24) is 0 Å². The Balaban J connectivity index is 2.58. The van der Waals surface area contributed by atoms with Gasteiger partial charge in [0.05, 0.1) is 12.9 Å². The van der Waals surface area contributed by atoms with Crippen LogP contribution in [-0.4, -0.2) is 24.5 Å². The van der Waals surface area contributed by atoms with Crippen molar-refractivity contribution < 1.29 is 19.1 Å². The molecule has 1 aliphatic heterocycles. The van der Waals surface area contributed by atoms with Crippen molar-refractivity contribution in [3.63, 3.8) is 0 Å². The molecule has 4 heteroatoms. The van der Waals surface area contributed by atoms with Crippen molar-refractivity contribution in [2.75, 3.05) is 7.11 Å². The Morgan fingerprint density at radius 3 is 2.45 bits per heavy atom. The minimum atomic E-state index is -1.55. The van der Waals surface area contributed by atoms with Crippen LogP contribution in [0, 0.1) is 17.3 Å². The monoisotopic (exact) mass is 306 g/mol. The molecule has 3 unspecified atom stereocenters. The lowest BCUT2D eigenvalue weighted by Gasteiger charge is -2.45. The summed E-state index contributed by atoms with van der Waals surface area (Å²) in [5, 5.41) is 0. The summed E-state index contributed by atoms with van der Waals surface area (Å²) in [6.07, 6.45) is 6.18. The summed E-state index contributed by atoms with van der Waals surface area (Å²) in [5.41, 5.74) is -0.346. The zero-order valence-corrected chi connectivity index (χ0v) is 14.4. The Labute approximate surface area is 132 Å². The third-order valence-electron chi connectivity index (χ3n) is 5.16. The second-order valence-corrected chi connectivity index (χ2v) is 7.14. The molecule has 0 radical (unpaired) electrons. The second-order valence-electron chi connectivity index (χ2n) is 7.14. The molecule has 22 heavy (non-hydrogen) atoms. The number of rotatable bonds is 3. The molecule has 2 aliphatic rings. The molecule has 0 amide bonds. The molecule has 1 heterocycles. The smallest absolute Gasteiger partial charge is 0.358 e. The number of hydrogen-bond donors (Lipinski definition) is 0. The number of carbonyl (C=O) groups is 2. The fourth-order valence-corrected chi connectivity index (χ4v) is 4.18. The fraction of sp³-hybridized carbons (Fsp3) is 0.667. The maximum Gasteiger partial charge on any atom is 0.358 e. The molecule has 0 spiro atoms. The van der Waals surface area contributed by atoms with Gasteiger partial charge >= 0.3 is 5.97 Å². The molecule has 0 aromatic rings. The number of carbonyl (C=O) groups excluding carboxylic acids is 2. The van der Waals surface area contributed by atoms with Crippen molar-refractivity contribution in [2.45, 2.75) is 53.1 Å². The molecule has 0 aromatic carbocycles. The predicted molar refractivity (Wildman–Crippen MR) is 84.0 cm³/mol. The highest BCUT2D eigenvalue weighted by Crippen LogP contribution is 2.52. The zero-order valence-electron chi connectivity index (χ0n) is 14.4. The van der Waals surface area contributed by atoms with Crippen molar-refractivity contribution in [2.24, 2.45) is 17.3 Å². The molecule has 0 N–H and O–H groups in total. The van der Waals surface area contributed by atoms with Gasteiger partial charge in [0.2, 0.25) is 0 Å². The average molecular weight is 306 g/mol. The SMILES string of the molecule is COC(=O)C1(C(C)=O)OC(C)=CC1C1C(C)=CCCC1(C)C. The molecule has 0 aromatic heterocycles.